The lowest BCUT2D eigenvalue weighted by atomic mass is 9.98. The van der Waals surface area contributed by atoms with Crippen LogP contribution < -0.4 is 10.6 Å². The molecule has 2 N–H and O–H groups in total. The van der Waals surface area contributed by atoms with E-state index in [9.17, 15) is 0 Å². The lowest BCUT2D eigenvalue weighted by Crippen LogP contribution is -2.37. The molecular formula is C23H45N3O3. The average molecular weight is 412 g/mol. The first-order valence-electron chi connectivity index (χ1n) is 12.2. The Hall–Kier alpha value is -0.850. The fourth-order valence-electron chi connectivity index (χ4n) is 3.95. The Labute approximate surface area is 178 Å². The highest BCUT2D eigenvalue weighted by atomic mass is 16.5. The summed E-state index contributed by atoms with van der Waals surface area (Å²) in [5, 5.41) is 6.78. The minimum absolute atomic E-state index is 0.537. The summed E-state index contributed by atoms with van der Waals surface area (Å²) < 4.78 is 17.2. The van der Waals surface area contributed by atoms with E-state index in [0.717, 1.165) is 90.7 Å². The lowest BCUT2D eigenvalue weighted by molar-refractivity contribution is 0.0205. The largest absolute Gasteiger partial charge is 0.381 e. The summed E-state index contributed by atoms with van der Waals surface area (Å²) in [5.74, 6) is 1.61. The fraction of sp³-hybridized carbons (Fsp3) is 0.957. The summed E-state index contributed by atoms with van der Waals surface area (Å²) in [7, 11) is 0. The van der Waals surface area contributed by atoms with Crippen LogP contribution in [0.25, 0.3) is 0 Å². The van der Waals surface area contributed by atoms with Gasteiger partial charge in [-0.1, -0.05) is 19.3 Å². The molecule has 2 rings (SSSR count). The molecule has 2 aliphatic rings. The molecule has 6 heteroatoms. The molecule has 0 unspecified atom stereocenters. The predicted octanol–water partition coefficient (Wildman–Crippen LogP) is 3.89. The summed E-state index contributed by atoms with van der Waals surface area (Å²) in [5.41, 5.74) is 0. The molecule has 0 aromatic carbocycles. The molecule has 29 heavy (non-hydrogen) atoms. The molecule has 1 heterocycles. The van der Waals surface area contributed by atoms with Gasteiger partial charge in [-0.3, -0.25) is 4.99 Å². The summed E-state index contributed by atoms with van der Waals surface area (Å²) >= 11 is 0. The molecule has 0 radical (unpaired) electrons. The van der Waals surface area contributed by atoms with Crippen molar-refractivity contribution in [1.29, 1.82) is 0 Å². The summed E-state index contributed by atoms with van der Waals surface area (Å²) in [6.45, 7) is 9.14. The van der Waals surface area contributed by atoms with Gasteiger partial charge in [-0.15, -0.1) is 0 Å². The number of hydrogen-bond donors (Lipinski definition) is 2. The second-order valence-electron chi connectivity index (χ2n) is 8.36. The van der Waals surface area contributed by atoms with Crippen LogP contribution in [0.1, 0.15) is 77.6 Å². The minimum atomic E-state index is 0.537. The van der Waals surface area contributed by atoms with E-state index in [2.05, 4.69) is 22.5 Å². The first-order valence-corrected chi connectivity index (χ1v) is 12.2. The molecule has 0 bridgehead atoms. The maximum Gasteiger partial charge on any atom is 0.191 e. The maximum absolute atomic E-state index is 6.00. The van der Waals surface area contributed by atoms with Crippen molar-refractivity contribution >= 4 is 5.96 Å². The third-order valence-electron chi connectivity index (χ3n) is 5.77. The van der Waals surface area contributed by atoms with E-state index in [4.69, 9.17) is 14.2 Å². The molecule has 1 aliphatic carbocycles. The van der Waals surface area contributed by atoms with Gasteiger partial charge in [0.15, 0.2) is 5.96 Å². The number of unbranched alkanes of at least 4 members (excludes halogenated alkanes) is 2. The minimum Gasteiger partial charge on any atom is -0.381 e. The number of nitrogens with zero attached hydrogens (tertiary/aromatic N) is 1. The topological polar surface area (TPSA) is 64.1 Å². The highest BCUT2D eigenvalue weighted by Crippen LogP contribution is 2.20. The van der Waals surface area contributed by atoms with Crippen molar-refractivity contribution in [2.75, 3.05) is 52.7 Å². The van der Waals surface area contributed by atoms with E-state index in [1.54, 1.807) is 0 Å². The molecule has 1 saturated carbocycles. The van der Waals surface area contributed by atoms with E-state index in [1.165, 1.54) is 38.5 Å². The zero-order chi connectivity index (χ0) is 20.4. The number of ether oxygens (including phenoxy) is 3. The Balaban J connectivity index is 1.43. The second kappa shape index (κ2) is 16.9. The third kappa shape index (κ3) is 12.4. The van der Waals surface area contributed by atoms with Crippen LogP contribution in [0.5, 0.6) is 0 Å². The van der Waals surface area contributed by atoms with Crippen LogP contribution in [-0.2, 0) is 14.2 Å². The molecule has 2 fully saturated rings. The highest BCUT2D eigenvalue weighted by molar-refractivity contribution is 5.79. The van der Waals surface area contributed by atoms with Gasteiger partial charge >= 0.3 is 0 Å². The lowest BCUT2D eigenvalue weighted by Gasteiger charge is -2.21. The van der Waals surface area contributed by atoms with Gasteiger partial charge < -0.3 is 24.8 Å². The van der Waals surface area contributed by atoms with Crippen molar-refractivity contribution in [3.8, 4) is 0 Å². The van der Waals surface area contributed by atoms with Crippen molar-refractivity contribution in [3.05, 3.63) is 0 Å². The monoisotopic (exact) mass is 411 g/mol. The van der Waals surface area contributed by atoms with Crippen LogP contribution in [-0.4, -0.2) is 64.7 Å². The van der Waals surface area contributed by atoms with Crippen LogP contribution in [0.4, 0.5) is 0 Å². The molecule has 170 valence electrons. The fourth-order valence-corrected chi connectivity index (χ4v) is 3.95. The summed E-state index contributed by atoms with van der Waals surface area (Å²) in [6.07, 6.45) is 13.9. The van der Waals surface area contributed by atoms with Crippen LogP contribution >= 0.6 is 0 Å². The van der Waals surface area contributed by atoms with Crippen LogP contribution in [0.3, 0.4) is 0 Å². The standard InChI is InChI=1S/C23H45N3O3/c1-2-24-23(26-15-9-16-28-20-21-12-18-27-19-13-21)25-14-7-4-8-17-29-22-10-5-3-6-11-22/h21-22H,2-20H2,1H3,(H2,24,25,26). The molecular weight excluding hydrogens is 366 g/mol. The number of rotatable bonds is 14. The Morgan fingerprint density at radius 1 is 0.931 bits per heavy atom. The van der Waals surface area contributed by atoms with Crippen LogP contribution in [0.15, 0.2) is 4.99 Å². The SMILES string of the molecule is CCNC(=NCCCOCC1CCOCC1)NCCCCCOC1CCCCC1. The molecule has 0 aromatic heterocycles. The van der Waals surface area contributed by atoms with Gasteiger partial charge in [0.05, 0.1) is 6.10 Å². The van der Waals surface area contributed by atoms with Gasteiger partial charge in [0, 0.05) is 52.7 Å². The van der Waals surface area contributed by atoms with Gasteiger partial charge in [-0.2, -0.15) is 0 Å². The van der Waals surface area contributed by atoms with Crippen molar-refractivity contribution < 1.29 is 14.2 Å². The molecule has 0 spiro atoms. The Morgan fingerprint density at radius 3 is 2.55 bits per heavy atom. The van der Waals surface area contributed by atoms with E-state index in [-0.39, 0.29) is 0 Å². The summed E-state index contributed by atoms with van der Waals surface area (Å²) in [6, 6.07) is 0. The molecule has 1 saturated heterocycles. The van der Waals surface area contributed by atoms with Gasteiger partial charge in [0.2, 0.25) is 0 Å². The van der Waals surface area contributed by atoms with E-state index in [0.29, 0.717) is 12.0 Å². The normalized spacial score (nSPS) is 19.4. The van der Waals surface area contributed by atoms with Gasteiger partial charge in [0.1, 0.15) is 0 Å². The van der Waals surface area contributed by atoms with E-state index < -0.39 is 0 Å². The van der Waals surface area contributed by atoms with E-state index >= 15 is 0 Å². The number of aliphatic imine (C=N–C) groups is 1. The van der Waals surface area contributed by atoms with Gasteiger partial charge in [0.25, 0.3) is 0 Å². The van der Waals surface area contributed by atoms with Crippen molar-refractivity contribution in [2.24, 2.45) is 10.9 Å². The first kappa shape index (κ1) is 24.4. The molecule has 0 aromatic rings. The molecule has 0 amide bonds. The smallest absolute Gasteiger partial charge is 0.191 e. The van der Waals surface area contributed by atoms with Crippen LogP contribution in [0.2, 0.25) is 0 Å². The first-order chi connectivity index (χ1) is 14.4. The van der Waals surface area contributed by atoms with Gasteiger partial charge in [-0.25, -0.2) is 0 Å². The Kier molecular flexibility index (Phi) is 14.2. The average Bonchev–Trinajstić information content (AvgIpc) is 2.76. The maximum atomic E-state index is 6.00. The molecule has 1 aliphatic heterocycles. The van der Waals surface area contributed by atoms with Gasteiger partial charge in [-0.05, 0) is 64.2 Å². The van der Waals surface area contributed by atoms with E-state index in [1.807, 2.05) is 0 Å². The Morgan fingerprint density at radius 2 is 1.76 bits per heavy atom. The Bertz CT molecular complexity index is 408. The predicted molar refractivity (Wildman–Crippen MR) is 120 cm³/mol. The zero-order valence-corrected chi connectivity index (χ0v) is 18.8. The van der Waals surface area contributed by atoms with Crippen molar-refractivity contribution in [1.82, 2.24) is 10.6 Å². The van der Waals surface area contributed by atoms with Crippen molar-refractivity contribution in [3.63, 3.8) is 0 Å². The number of nitrogens with one attached hydrogen (secondary N) is 2. The third-order valence-corrected chi connectivity index (χ3v) is 5.77. The van der Waals surface area contributed by atoms with Crippen LogP contribution in [0, 0.1) is 5.92 Å². The zero-order valence-electron chi connectivity index (χ0n) is 18.8. The number of guanidine groups is 1. The second-order valence-corrected chi connectivity index (χ2v) is 8.36. The summed E-state index contributed by atoms with van der Waals surface area (Å²) in [4.78, 5) is 4.66. The number of hydrogen-bond acceptors (Lipinski definition) is 4. The molecule has 0 atom stereocenters. The highest BCUT2D eigenvalue weighted by Gasteiger charge is 2.14. The molecule has 6 nitrogen and oxygen atoms in total. The quantitative estimate of drug-likeness (QED) is 0.258. The van der Waals surface area contributed by atoms with Crippen molar-refractivity contribution in [2.45, 2.75) is 83.7 Å².